The van der Waals surface area contributed by atoms with Crippen molar-refractivity contribution in [2.24, 2.45) is 5.41 Å². The zero-order valence-corrected chi connectivity index (χ0v) is 21.2. The van der Waals surface area contributed by atoms with Crippen molar-refractivity contribution in [3.8, 4) is 23.0 Å². The van der Waals surface area contributed by atoms with Crippen molar-refractivity contribution < 1.29 is 23.8 Å². The first-order valence-electron chi connectivity index (χ1n) is 13.0. The summed E-state index contributed by atoms with van der Waals surface area (Å²) in [4.78, 5) is 33.1. The van der Waals surface area contributed by atoms with E-state index in [9.17, 15) is 9.59 Å². The van der Waals surface area contributed by atoms with Crippen LogP contribution in [-0.2, 0) is 9.59 Å². The van der Waals surface area contributed by atoms with Crippen LogP contribution in [0.4, 0.5) is 5.69 Å². The Kier molecular flexibility index (Phi) is 5.89. The SMILES string of the molecule is COc1cc2nccc(Oc3ccc(NC(=O)C4(C(=O)N5[C@@H]6CCC[C@H]5CC6)CC4)cc3)c2cc1OC. The number of pyridine rings is 1. The van der Waals surface area contributed by atoms with Gasteiger partial charge in [0.2, 0.25) is 11.8 Å². The number of hydrogen-bond donors (Lipinski definition) is 1. The molecule has 2 atom stereocenters. The Morgan fingerprint density at radius 1 is 0.919 bits per heavy atom. The molecule has 1 saturated carbocycles. The molecule has 1 N–H and O–H groups in total. The average Bonchev–Trinajstić information content (AvgIpc) is 3.70. The lowest BCUT2D eigenvalue weighted by Crippen LogP contribution is -2.50. The quantitative estimate of drug-likeness (QED) is 0.442. The van der Waals surface area contributed by atoms with E-state index in [4.69, 9.17) is 14.2 Å². The van der Waals surface area contributed by atoms with Gasteiger partial charge in [-0.15, -0.1) is 0 Å². The number of nitrogens with one attached hydrogen (secondary N) is 1. The summed E-state index contributed by atoms with van der Waals surface area (Å²) in [5, 5.41) is 3.77. The fraction of sp³-hybridized carbons (Fsp3) is 0.414. The Bertz CT molecular complexity index is 1340. The summed E-state index contributed by atoms with van der Waals surface area (Å²) >= 11 is 0. The van der Waals surface area contributed by atoms with Crippen molar-refractivity contribution in [1.82, 2.24) is 9.88 Å². The highest BCUT2D eigenvalue weighted by Gasteiger charge is 2.60. The highest BCUT2D eigenvalue weighted by atomic mass is 16.5. The fourth-order valence-electron chi connectivity index (χ4n) is 5.88. The molecule has 3 aliphatic rings. The molecule has 2 saturated heterocycles. The molecule has 192 valence electrons. The monoisotopic (exact) mass is 501 g/mol. The van der Waals surface area contributed by atoms with E-state index in [1.165, 1.54) is 6.42 Å². The number of aromatic nitrogens is 1. The van der Waals surface area contributed by atoms with Gasteiger partial charge in [-0.2, -0.15) is 0 Å². The molecule has 1 aromatic heterocycles. The second-order valence-corrected chi connectivity index (χ2v) is 10.2. The van der Waals surface area contributed by atoms with Crippen molar-refractivity contribution in [2.75, 3.05) is 19.5 Å². The number of carbonyl (C=O) groups is 2. The maximum absolute atomic E-state index is 13.4. The van der Waals surface area contributed by atoms with E-state index < -0.39 is 5.41 Å². The number of methoxy groups -OCH3 is 2. The number of carbonyl (C=O) groups excluding carboxylic acids is 2. The summed E-state index contributed by atoms with van der Waals surface area (Å²) in [5.74, 6) is 2.27. The molecule has 0 radical (unpaired) electrons. The lowest BCUT2D eigenvalue weighted by atomic mass is 9.97. The summed E-state index contributed by atoms with van der Waals surface area (Å²) in [6.07, 6.45) is 8.38. The van der Waals surface area contributed by atoms with E-state index in [0.717, 1.165) is 36.6 Å². The second kappa shape index (κ2) is 9.25. The van der Waals surface area contributed by atoms with E-state index in [0.29, 0.717) is 53.6 Å². The van der Waals surface area contributed by atoms with Gasteiger partial charge in [0, 0.05) is 35.4 Å². The minimum absolute atomic E-state index is 0.0359. The van der Waals surface area contributed by atoms with Gasteiger partial charge in [-0.05, 0) is 81.3 Å². The zero-order chi connectivity index (χ0) is 25.6. The van der Waals surface area contributed by atoms with E-state index in [-0.39, 0.29) is 11.8 Å². The van der Waals surface area contributed by atoms with E-state index >= 15 is 0 Å². The van der Waals surface area contributed by atoms with Gasteiger partial charge in [0.15, 0.2) is 11.5 Å². The number of rotatable bonds is 7. The predicted octanol–water partition coefficient (Wildman–Crippen LogP) is 5.31. The average molecular weight is 502 g/mol. The van der Waals surface area contributed by atoms with Crippen molar-refractivity contribution >= 4 is 28.4 Å². The Balaban J connectivity index is 1.16. The third kappa shape index (κ3) is 4.14. The summed E-state index contributed by atoms with van der Waals surface area (Å²) in [5.41, 5.74) is 0.466. The lowest BCUT2D eigenvalue weighted by molar-refractivity contribution is -0.145. The first kappa shape index (κ1) is 23.6. The molecule has 3 aromatic rings. The first-order chi connectivity index (χ1) is 18.0. The molecule has 0 spiro atoms. The van der Waals surface area contributed by atoms with Crippen LogP contribution < -0.4 is 19.5 Å². The van der Waals surface area contributed by atoms with Gasteiger partial charge in [0.1, 0.15) is 16.9 Å². The van der Waals surface area contributed by atoms with E-state index in [1.807, 2.05) is 12.1 Å². The minimum atomic E-state index is -0.899. The number of benzene rings is 2. The molecule has 37 heavy (non-hydrogen) atoms. The molecular weight excluding hydrogens is 470 g/mol. The maximum atomic E-state index is 13.4. The minimum Gasteiger partial charge on any atom is -0.493 e. The molecule has 2 bridgehead atoms. The number of piperidine rings is 1. The topological polar surface area (TPSA) is 90.0 Å². The van der Waals surface area contributed by atoms with Gasteiger partial charge in [-0.25, -0.2) is 0 Å². The number of nitrogens with zero attached hydrogens (tertiary/aromatic N) is 2. The number of ether oxygens (including phenoxy) is 3. The highest BCUT2D eigenvalue weighted by molar-refractivity contribution is 6.13. The van der Waals surface area contributed by atoms with E-state index in [1.54, 1.807) is 50.7 Å². The van der Waals surface area contributed by atoms with Crippen LogP contribution in [0.5, 0.6) is 23.0 Å². The van der Waals surface area contributed by atoms with Gasteiger partial charge in [-0.1, -0.05) is 0 Å². The molecule has 2 amide bonds. The Hall–Kier alpha value is -3.81. The first-order valence-corrected chi connectivity index (χ1v) is 13.0. The van der Waals surface area contributed by atoms with Gasteiger partial charge >= 0.3 is 0 Å². The third-order valence-electron chi connectivity index (χ3n) is 8.07. The van der Waals surface area contributed by atoms with Crippen LogP contribution in [-0.4, -0.2) is 48.0 Å². The Labute approximate surface area is 215 Å². The van der Waals surface area contributed by atoms with Crippen LogP contribution in [0.15, 0.2) is 48.7 Å². The fourth-order valence-corrected chi connectivity index (χ4v) is 5.88. The van der Waals surface area contributed by atoms with Crippen LogP contribution in [0, 0.1) is 5.41 Å². The molecule has 3 fully saturated rings. The number of hydrogen-bond acceptors (Lipinski definition) is 6. The largest absolute Gasteiger partial charge is 0.493 e. The van der Waals surface area contributed by atoms with Crippen LogP contribution in [0.3, 0.4) is 0 Å². The number of fused-ring (bicyclic) bond motifs is 3. The van der Waals surface area contributed by atoms with Gasteiger partial charge in [0.05, 0.1) is 19.7 Å². The molecular formula is C29H31N3O5. The zero-order valence-electron chi connectivity index (χ0n) is 21.2. The lowest BCUT2D eigenvalue weighted by Gasteiger charge is -2.37. The number of amides is 2. The van der Waals surface area contributed by atoms with Gasteiger partial charge < -0.3 is 24.4 Å². The normalized spacial score (nSPS) is 21.4. The Morgan fingerprint density at radius 2 is 1.59 bits per heavy atom. The summed E-state index contributed by atoms with van der Waals surface area (Å²) < 4.78 is 16.9. The highest BCUT2D eigenvalue weighted by Crippen LogP contribution is 2.51. The van der Waals surface area contributed by atoms with Crippen molar-refractivity contribution in [3.05, 3.63) is 48.7 Å². The second-order valence-electron chi connectivity index (χ2n) is 10.2. The summed E-state index contributed by atoms with van der Waals surface area (Å²) in [6.45, 7) is 0. The Morgan fingerprint density at radius 3 is 2.24 bits per heavy atom. The summed E-state index contributed by atoms with van der Waals surface area (Å²) in [7, 11) is 3.17. The van der Waals surface area contributed by atoms with Crippen molar-refractivity contribution in [3.63, 3.8) is 0 Å². The number of anilines is 1. The molecule has 8 nitrogen and oxygen atoms in total. The predicted molar refractivity (Wildman–Crippen MR) is 139 cm³/mol. The van der Waals surface area contributed by atoms with Crippen LogP contribution in [0.1, 0.15) is 44.9 Å². The van der Waals surface area contributed by atoms with Crippen molar-refractivity contribution in [2.45, 2.75) is 57.0 Å². The van der Waals surface area contributed by atoms with Crippen LogP contribution >= 0.6 is 0 Å². The summed E-state index contributed by atoms with van der Waals surface area (Å²) in [6, 6.07) is 13.3. The molecule has 3 heterocycles. The molecule has 8 heteroatoms. The van der Waals surface area contributed by atoms with Gasteiger partial charge in [0.25, 0.3) is 0 Å². The molecule has 1 aliphatic carbocycles. The standard InChI is InChI=1S/C29H31N3O5/c1-35-25-16-22-23(17-26(25)36-2)30-15-12-24(22)37-21-10-6-18(7-11-21)31-27(33)29(13-14-29)28(34)32-19-4-3-5-20(32)9-8-19/h6-7,10-12,15-17,19-20H,3-5,8-9,13-14H2,1-2H3,(H,31,33)/t19-,20+. The molecule has 6 rings (SSSR count). The van der Waals surface area contributed by atoms with Gasteiger partial charge in [-0.3, -0.25) is 14.6 Å². The van der Waals surface area contributed by atoms with E-state index in [2.05, 4.69) is 15.2 Å². The van der Waals surface area contributed by atoms with Crippen molar-refractivity contribution in [1.29, 1.82) is 0 Å². The maximum Gasteiger partial charge on any atom is 0.240 e. The third-order valence-corrected chi connectivity index (χ3v) is 8.07. The molecule has 2 aromatic carbocycles. The smallest absolute Gasteiger partial charge is 0.240 e. The molecule has 0 unspecified atom stereocenters. The van der Waals surface area contributed by atoms with Crippen LogP contribution in [0.25, 0.3) is 10.9 Å². The molecule has 2 aliphatic heterocycles. The van der Waals surface area contributed by atoms with Crippen LogP contribution in [0.2, 0.25) is 0 Å².